The van der Waals surface area contributed by atoms with Crippen molar-refractivity contribution in [2.24, 2.45) is 5.92 Å². The molecule has 1 amide bonds. The molecule has 3 aromatic rings. The maximum Gasteiger partial charge on any atom is 0.335 e. The number of aromatic carboxylic acids is 1. The van der Waals surface area contributed by atoms with Gasteiger partial charge in [-0.25, -0.2) is 9.48 Å². The normalized spacial score (nSPS) is 14.7. The van der Waals surface area contributed by atoms with Crippen molar-refractivity contribution in [2.75, 3.05) is 13.1 Å². The van der Waals surface area contributed by atoms with Crippen LogP contribution in [0.1, 0.15) is 39.1 Å². The highest BCUT2D eigenvalue weighted by Gasteiger charge is 2.26. The monoisotopic (exact) mass is 389 g/mol. The summed E-state index contributed by atoms with van der Waals surface area (Å²) in [5.74, 6) is -0.496. The molecule has 6 nitrogen and oxygen atoms in total. The molecule has 1 fully saturated rings. The van der Waals surface area contributed by atoms with Crippen molar-refractivity contribution in [3.8, 4) is 5.69 Å². The fourth-order valence-electron chi connectivity index (χ4n) is 3.99. The Morgan fingerprint density at radius 1 is 0.966 bits per heavy atom. The molecule has 0 atom stereocenters. The maximum absolute atomic E-state index is 13.1. The molecule has 1 N–H and O–H groups in total. The van der Waals surface area contributed by atoms with Crippen molar-refractivity contribution in [3.63, 3.8) is 0 Å². The van der Waals surface area contributed by atoms with Gasteiger partial charge in [0.2, 0.25) is 0 Å². The minimum atomic E-state index is -0.886. The van der Waals surface area contributed by atoms with Crippen LogP contribution < -0.4 is 0 Å². The number of piperidine rings is 1. The summed E-state index contributed by atoms with van der Waals surface area (Å²) in [7, 11) is 0. The van der Waals surface area contributed by atoms with Crippen LogP contribution in [0.25, 0.3) is 5.69 Å². The zero-order valence-electron chi connectivity index (χ0n) is 16.1. The van der Waals surface area contributed by atoms with E-state index in [-0.39, 0.29) is 5.91 Å². The molecule has 1 aromatic heterocycles. The molecule has 1 saturated heterocycles. The van der Waals surface area contributed by atoms with E-state index in [4.69, 9.17) is 0 Å². The molecular weight excluding hydrogens is 366 g/mol. The van der Waals surface area contributed by atoms with Gasteiger partial charge in [-0.15, -0.1) is 0 Å². The van der Waals surface area contributed by atoms with Crippen LogP contribution in [0.5, 0.6) is 0 Å². The predicted molar refractivity (Wildman–Crippen MR) is 109 cm³/mol. The second kappa shape index (κ2) is 8.31. The van der Waals surface area contributed by atoms with Crippen LogP contribution in [0, 0.1) is 5.92 Å². The summed E-state index contributed by atoms with van der Waals surface area (Å²) in [6.07, 6.45) is 5.99. The van der Waals surface area contributed by atoms with E-state index in [0.29, 0.717) is 30.1 Å². The number of benzene rings is 2. The number of likely N-dealkylation sites (tertiary alicyclic amines) is 1. The molecule has 1 aliphatic rings. The molecule has 6 heteroatoms. The molecular formula is C23H23N3O3. The highest BCUT2D eigenvalue weighted by atomic mass is 16.4. The Bertz CT molecular complexity index is 1010. The lowest BCUT2D eigenvalue weighted by Gasteiger charge is -2.32. The summed E-state index contributed by atoms with van der Waals surface area (Å²) in [5.41, 5.74) is 2.67. The summed E-state index contributed by atoms with van der Waals surface area (Å²) in [6, 6.07) is 16.5. The highest BCUT2D eigenvalue weighted by molar-refractivity contribution is 5.97. The summed E-state index contributed by atoms with van der Waals surface area (Å²) in [6.45, 7) is 1.35. The third-order valence-electron chi connectivity index (χ3n) is 5.54. The predicted octanol–water partition coefficient (Wildman–Crippen LogP) is 3.67. The van der Waals surface area contributed by atoms with E-state index in [2.05, 4.69) is 5.10 Å². The second-order valence-corrected chi connectivity index (χ2v) is 7.37. The first-order valence-corrected chi connectivity index (χ1v) is 9.83. The third kappa shape index (κ3) is 4.06. The standard InChI is InChI=1S/C23H23N3O3/c27-22(20-8-3-4-9-21(20)26-13-5-12-24-26)25-14-10-17(11-15-25)16-18-6-1-2-7-19(18)23(28)29/h1-9,12-13,17H,10-11,14-16H2,(H,28,29). The van der Waals surface area contributed by atoms with Gasteiger partial charge in [0.05, 0.1) is 16.8 Å². The van der Waals surface area contributed by atoms with E-state index in [1.54, 1.807) is 23.0 Å². The van der Waals surface area contributed by atoms with Gasteiger partial charge in [-0.1, -0.05) is 30.3 Å². The largest absolute Gasteiger partial charge is 0.478 e. The molecule has 0 bridgehead atoms. The first-order valence-electron chi connectivity index (χ1n) is 9.83. The second-order valence-electron chi connectivity index (χ2n) is 7.37. The lowest BCUT2D eigenvalue weighted by Crippen LogP contribution is -2.39. The van der Waals surface area contributed by atoms with Gasteiger partial charge in [0.1, 0.15) is 0 Å². The Morgan fingerprint density at radius 2 is 1.66 bits per heavy atom. The number of nitrogens with zero attached hydrogens (tertiary/aromatic N) is 3. The molecule has 1 aliphatic heterocycles. The summed E-state index contributed by atoms with van der Waals surface area (Å²) in [5, 5.41) is 13.6. The molecule has 0 aliphatic carbocycles. The van der Waals surface area contributed by atoms with Crippen molar-refractivity contribution in [3.05, 3.63) is 83.7 Å². The fraction of sp³-hybridized carbons (Fsp3) is 0.261. The lowest BCUT2D eigenvalue weighted by atomic mass is 9.88. The smallest absolute Gasteiger partial charge is 0.335 e. The van der Waals surface area contributed by atoms with Gasteiger partial charge in [0.15, 0.2) is 0 Å². The van der Waals surface area contributed by atoms with Gasteiger partial charge < -0.3 is 10.0 Å². The molecule has 29 heavy (non-hydrogen) atoms. The first kappa shape index (κ1) is 18.9. The van der Waals surface area contributed by atoms with Crippen LogP contribution in [-0.2, 0) is 6.42 Å². The van der Waals surface area contributed by atoms with E-state index in [9.17, 15) is 14.7 Å². The molecule has 4 rings (SSSR count). The number of hydrogen-bond acceptors (Lipinski definition) is 3. The Kier molecular flexibility index (Phi) is 5.42. The van der Waals surface area contributed by atoms with E-state index in [1.807, 2.05) is 53.6 Å². The Hall–Kier alpha value is -3.41. The summed E-state index contributed by atoms with van der Waals surface area (Å²) >= 11 is 0. The van der Waals surface area contributed by atoms with Gasteiger partial charge in [0.25, 0.3) is 5.91 Å². The Balaban J connectivity index is 1.43. The zero-order valence-corrected chi connectivity index (χ0v) is 16.1. The minimum Gasteiger partial charge on any atom is -0.478 e. The van der Waals surface area contributed by atoms with Gasteiger partial charge >= 0.3 is 5.97 Å². The SMILES string of the molecule is O=C(O)c1ccccc1CC1CCN(C(=O)c2ccccc2-n2cccn2)CC1. The summed E-state index contributed by atoms with van der Waals surface area (Å²) in [4.78, 5) is 26.5. The van der Waals surface area contributed by atoms with Crippen LogP contribution in [0.3, 0.4) is 0 Å². The zero-order chi connectivity index (χ0) is 20.2. The van der Waals surface area contributed by atoms with Crippen molar-refractivity contribution < 1.29 is 14.7 Å². The van der Waals surface area contributed by atoms with E-state index < -0.39 is 5.97 Å². The van der Waals surface area contributed by atoms with Crippen LogP contribution in [0.2, 0.25) is 0 Å². The van der Waals surface area contributed by atoms with Crippen LogP contribution in [0.15, 0.2) is 67.0 Å². The minimum absolute atomic E-state index is 0.0143. The number of carboxylic acids is 1. The van der Waals surface area contributed by atoms with Crippen molar-refractivity contribution in [1.82, 2.24) is 14.7 Å². The number of aromatic nitrogens is 2. The van der Waals surface area contributed by atoms with Crippen LogP contribution in [-0.4, -0.2) is 44.8 Å². The van der Waals surface area contributed by atoms with Gasteiger partial charge in [0, 0.05) is 25.5 Å². The van der Waals surface area contributed by atoms with Crippen molar-refractivity contribution >= 4 is 11.9 Å². The van der Waals surface area contributed by atoms with Gasteiger partial charge in [-0.3, -0.25) is 4.79 Å². The number of carboxylic acid groups (broad SMARTS) is 1. The number of carbonyl (C=O) groups is 2. The molecule has 148 valence electrons. The molecule has 0 spiro atoms. The highest BCUT2D eigenvalue weighted by Crippen LogP contribution is 2.25. The van der Waals surface area contributed by atoms with Gasteiger partial charge in [-0.2, -0.15) is 5.10 Å². The number of amides is 1. The number of para-hydroxylation sites is 1. The molecule has 2 heterocycles. The number of carbonyl (C=O) groups excluding carboxylic acids is 1. The third-order valence-corrected chi connectivity index (χ3v) is 5.54. The maximum atomic E-state index is 13.1. The number of hydrogen-bond donors (Lipinski definition) is 1. The average molecular weight is 389 g/mol. The van der Waals surface area contributed by atoms with E-state index >= 15 is 0 Å². The number of rotatable bonds is 5. The Morgan fingerprint density at radius 3 is 2.34 bits per heavy atom. The first-order chi connectivity index (χ1) is 14.1. The topological polar surface area (TPSA) is 75.4 Å². The van der Waals surface area contributed by atoms with E-state index in [1.165, 1.54) is 0 Å². The lowest BCUT2D eigenvalue weighted by molar-refractivity contribution is 0.0690. The Labute approximate surface area is 169 Å². The molecule has 0 radical (unpaired) electrons. The van der Waals surface area contributed by atoms with Gasteiger partial charge in [-0.05, 0) is 55.0 Å². The van der Waals surface area contributed by atoms with Crippen LogP contribution >= 0.6 is 0 Å². The summed E-state index contributed by atoms with van der Waals surface area (Å²) < 4.78 is 1.71. The average Bonchev–Trinajstić information content (AvgIpc) is 3.29. The van der Waals surface area contributed by atoms with Crippen molar-refractivity contribution in [1.29, 1.82) is 0 Å². The molecule has 2 aromatic carbocycles. The molecule has 0 unspecified atom stereocenters. The quantitative estimate of drug-likeness (QED) is 0.722. The molecule has 0 saturated carbocycles. The fourth-order valence-corrected chi connectivity index (χ4v) is 3.99. The van der Waals surface area contributed by atoms with Crippen LogP contribution in [0.4, 0.5) is 0 Å². The van der Waals surface area contributed by atoms with Crippen molar-refractivity contribution in [2.45, 2.75) is 19.3 Å². The van der Waals surface area contributed by atoms with E-state index in [0.717, 1.165) is 30.5 Å².